The van der Waals surface area contributed by atoms with Crippen LogP contribution in [0.2, 0.25) is 0 Å². The number of carbonyl (C=O) groups excluding carboxylic acids is 1. The van der Waals surface area contributed by atoms with Gasteiger partial charge in [-0.25, -0.2) is 4.98 Å². The van der Waals surface area contributed by atoms with E-state index in [2.05, 4.69) is 58.8 Å². The number of carbonyl (C=O) groups is 1. The van der Waals surface area contributed by atoms with Crippen LogP contribution >= 0.6 is 11.3 Å². The number of amides is 1. The fourth-order valence-electron chi connectivity index (χ4n) is 3.36. The lowest BCUT2D eigenvalue weighted by Gasteiger charge is -2.18. The average molecular weight is 415 g/mol. The third-order valence-electron chi connectivity index (χ3n) is 4.85. The summed E-state index contributed by atoms with van der Waals surface area (Å²) in [5, 5.41) is 5.48. The smallest absolute Gasteiger partial charge is 0.278 e. The molecule has 1 N–H and O–H groups in total. The molecular formula is C25H22N2O2S. The van der Waals surface area contributed by atoms with Gasteiger partial charge in [0.2, 0.25) is 0 Å². The Bertz CT molecular complexity index is 1010. The van der Waals surface area contributed by atoms with E-state index in [1.54, 1.807) is 30.5 Å². The molecule has 0 fully saturated rings. The molecule has 5 heteroatoms. The number of nitrogens with one attached hydrogen (secondary N) is 1. The molecular weight excluding hydrogens is 392 g/mol. The molecule has 3 aromatic carbocycles. The molecule has 4 nitrogen and oxygen atoms in total. The van der Waals surface area contributed by atoms with Gasteiger partial charge in [-0.05, 0) is 41.8 Å². The van der Waals surface area contributed by atoms with Crippen molar-refractivity contribution in [2.45, 2.75) is 12.3 Å². The molecule has 1 amide bonds. The number of aromatic nitrogens is 1. The quantitative estimate of drug-likeness (QED) is 0.391. The number of hydrogen-bond donors (Lipinski definition) is 1. The van der Waals surface area contributed by atoms with Crippen molar-refractivity contribution in [3.8, 4) is 10.9 Å². The summed E-state index contributed by atoms with van der Waals surface area (Å²) in [6.07, 6.45) is 2.52. The zero-order valence-electron chi connectivity index (χ0n) is 16.4. The zero-order valence-corrected chi connectivity index (χ0v) is 17.2. The highest BCUT2D eigenvalue weighted by Gasteiger charge is 2.14. The Morgan fingerprint density at radius 3 is 2.10 bits per heavy atom. The van der Waals surface area contributed by atoms with Crippen LogP contribution in [0.15, 0.2) is 96.5 Å². The molecule has 4 rings (SSSR count). The van der Waals surface area contributed by atoms with Crippen LogP contribution in [-0.2, 0) is 0 Å². The molecule has 150 valence electrons. The summed E-state index contributed by atoms with van der Waals surface area (Å²) in [7, 11) is 0. The highest BCUT2D eigenvalue weighted by atomic mass is 32.1. The second-order valence-corrected chi connectivity index (χ2v) is 7.70. The van der Waals surface area contributed by atoms with Crippen molar-refractivity contribution >= 4 is 17.2 Å². The minimum absolute atomic E-state index is 0.0873. The van der Waals surface area contributed by atoms with Crippen molar-refractivity contribution in [3.05, 3.63) is 113 Å². The second-order valence-electron chi connectivity index (χ2n) is 6.84. The Morgan fingerprint density at radius 2 is 1.53 bits per heavy atom. The van der Waals surface area contributed by atoms with E-state index in [0.717, 1.165) is 6.42 Å². The van der Waals surface area contributed by atoms with Crippen molar-refractivity contribution < 1.29 is 9.53 Å². The summed E-state index contributed by atoms with van der Waals surface area (Å²) in [6, 6.07) is 27.9. The fourth-order valence-corrected chi connectivity index (χ4v) is 3.87. The van der Waals surface area contributed by atoms with E-state index in [9.17, 15) is 4.79 Å². The van der Waals surface area contributed by atoms with Gasteiger partial charge in [0.25, 0.3) is 11.1 Å². The van der Waals surface area contributed by atoms with Crippen LogP contribution in [0.5, 0.6) is 10.9 Å². The standard InChI is InChI=1S/C25H22N2O2S/c28-24(21-11-13-22(14-12-21)29-25-27-17-18-30-25)26-16-15-23(19-7-3-1-4-8-19)20-9-5-2-6-10-20/h1-14,17-18,23H,15-16H2,(H,26,28). The predicted molar refractivity (Wildman–Crippen MR) is 120 cm³/mol. The maximum atomic E-state index is 12.6. The lowest BCUT2D eigenvalue weighted by atomic mass is 9.88. The van der Waals surface area contributed by atoms with Crippen LogP contribution in [0.1, 0.15) is 33.8 Å². The van der Waals surface area contributed by atoms with Crippen molar-refractivity contribution in [1.29, 1.82) is 0 Å². The normalized spacial score (nSPS) is 10.7. The van der Waals surface area contributed by atoms with E-state index in [1.807, 2.05) is 17.5 Å². The highest BCUT2D eigenvalue weighted by molar-refractivity contribution is 7.11. The van der Waals surface area contributed by atoms with Crippen LogP contribution in [-0.4, -0.2) is 17.4 Å². The Morgan fingerprint density at radius 1 is 0.900 bits per heavy atom. The summed E-state index contributed by atoms with van der Waals surface area (Å²) in [5.41, 5.74) is 3.11. The number of thiazole rings is 1. The first-order chi connectivity index (χ1) is 14.8. The van der Waals surface area contributed by atoms with Gasteiger partial charge in [-0.1, -0.05) is 72.0 Å². The summed E-state index contributed by atoms with van der Waals surface area (Å²) in [5.74, 6) is 0.812. The molecule has 1 aromatic heterocycles. The summed E-state index contributed by atoms with van der Waals surface area (Å²) >= 11 is 1.43. The molecule has 30 heavy (non-hydrogen) atoms. The molecule has 0 aliphatic heterocycles. The number of ether oxygens (including phenoxy) is 1. The van der Waals surface area contributed by atoms with E-state index >= 15 is 0 Å². The Hall–Kier alpha value is -3.44. The van der Waals surface area contributed by atoms with Crippen LogP contribution < -0.4 is 10.1 Å². The van der Waals surface area contributed by atoms with Crippen molar-refractivity contribution in [2.24, 2.45) is 0 Å². The number of benzene rings is 3. The van der Waals surface area contributed by atoms with Gasteiger partial charge in [-0.15, -0.1) is 0 Å². The Balaban J connectivity index is 1.36. The van der Waals surface area contributed by atoms with E-state index in [4.69, 9.17) is 4.74 Å². The first-order valence-electron chi connectivity index (χ1n) is 9.85. The molecule has 0 bridgehead atoms. The van der Waals surface area contributed by atoms with Gasteiger partial charge < -0.3 is 10.1 Å². The second kappa shape index (κ2) is 9.85. The van der Waals surface area contributed by atoms with Crippen molar-refractivity contribution in [3.63, 3.8) is 0 Å². The first kappa shape index (κ1) is 19.9. The molecule has 0 atom stereocenters. The van der Waals surface area contributed by atoms with Gasteiger partial charge >= 0.3 is 0 Å². The third-order valence-corrected chi connectivity index (χ3v) is 5.50. The van der Waals surface area contributed by atoms with Gasteiger partial charge in [0.15, 0.2) is 0 Å². The van der Waals surface area contributed by atoms with E-state index in [-0.39, 0.29) is 11.8 Å². The molecule has 0 saturated heterocycles. The van der Waals surface area contributed by atoms with Gasteiger partial charge in [-0.2, -0.15) is 0 Å². The lowest BCUT2D eigenvalue weighted by Crippen LogP contribution is -2.25. The predicted octanol–water partition coefficient (Wildman–Crippen LogP) is 5.89. The van der Waals surface area contributed by atoms with Crippen LogP contribution in [0.4, 0.5) is 0 Å². The summed E-state index contributed by atoms with van der Waals surface area (Å²) < 4.78 is 5.64. The molecule has 1 heterocycles. The summed E-state index contributed by atoms with van der Waals surface area (Å²) in [6.45, 7) is 0.588. The monoisotopic (exact) mass is 414 g/mol. The number of nitrogens with zero attached hydrogens (tertiary/aromatic N) is 1. The molecule has 0 aliphatic rings. The van der Waals surface area contributed by atoms with Gasteiger partial charge in [0, 0.05) is 29.6 Å². The molecule has 0 spiro atoms. The highest BCUT2D eigenvalue weighted by Crippen LogP contribution is 2.27. The third kappa shape index (κ3) is 5.13. The fraction of sp³-hybridized carbons (Fsp3) is 0.120. The van der Waals surface area contributed by atoms with Crippen LogP contribution in [0.25, 0.3) is 0 Å². The molecule has 0 unspecified atom stereocenters. The van der Waals surface area contributed by atoms with Gasteiger partial charge in [0.05, 0.1) is 0 Å². The minimum Gasteiger partial charge on any atom is -0.431 e. The maximum absolute atomic E-state index is 12.6. The van der Waals surface area contributed by atoms with Gasteiger partial charge in [-0.3, -0.25) is 4.79 Å². The van der Waals surface area contributed by atoms with Crippen molar-refractivity contribution in [1.82, 2.24) is 10.3 Å². The van der Waals surface area contributed by atoms with Crippen LogP contribution in [0.3, 0.4) is 0 Å². The molecule has 4 aromatic rings. The molecule has 0 aliphatic carbocycles. The minimum atomic E-state index is -0.0873. The maximum Gasteiger partial charge on any atom is 0.278 e. The molecule has 0 saturated carbocycles. The SMILES string of the molecule is O=C(NCCC(c1ccccc1)c1ccccc1)c1ccc(Oc2nccs2)cc1. The zero-order chi connectivity index (χ0) is 20.6. The van der Waals surface area contributed by atoms with Crippen LogP contribution in [0, 0.1) is 0 Å². The number of hydrogen-bond acceptors (Lipinski definition) is 4. The Kier molecular flexibility index (Phi) is 6.52. The first-order valence-corrected chi connectivity index (χ1v) is 10.7. The van der Waals surface area contributed by atoms with Crippen molar-refractivity contribution in [2.75, 3.05) is 6.54 Å². The van der Waals surface area contributed by atoms with E-state index < -0.39 is 0 Å². The van der Waals surface area contributed by atoms with E-state index in [1.165, 1.54) is 22.5 Å². The van der Waals surface area contributed by atoms with Gasteiger partial charge in [0.1, 0.15) is 5.75 Å². The largest absolute Gasteiger partial charge is 0.431 e. The lowest BCUT2D eigenvalue weighted by molar-refractivity contribution is 0.0953. The average Bonchev–Trinajstić information content (AvgIpc) is 3.31. The number of rotatable bonds is 8. The summed E-state index contributed by atoms with van der Waals surface area (Å²) in [4.78, 5) is 16.7. The van der Waals surface area contributed by atoms with E-state index in [0.29, 0.717) is 23.1 Å². The Labute approximate surface area is 180 Å². The topological polar surface area (TPSA) is 51.2 Å². The molecule has 0 radical (unpaired) electrons.